The van der Waals surface area contributed by atoms with Crippen LogP contribution in [0.5, 0.6) is 0 Å². The number of carboxylic acids is 4. The monoisotopic (exact) mass is 350 g/mol. The molecule has 0 spiro atoms. The van der Waals surface area contributed by atoms with E-state index >= 15 is 0 Å². The average molecular weight is 351 g/mol. The van der Waals surface area contributed by atoms with Crippen molar-refractivity contribution in [2.75, 3.05) is 0 Å². The predicted octanol–water partition coefficient (Wildman–Crippen LogP) is 0.711. The summed E-state index contributed by atoms with van der Waals surface area (Å²) in [7, 11) is 0. The summed E-state index contributed by atoms with van der Waals surface area (Å²) in [4.78, 5) is 39.6. The number of hydrogen-bond acceptors (Lipinski definition) is 4. The van der Waals surface area contributed by atoms with Crippen LogP contribution in [0.15, 0.2) is 0 Å². The fourth-order valence-electron chi connectivity index (χ4n) is 0.783. The Hall–Kier alpha value is -1.71. The quantitative estimate of drug-likeness (QED) is 0.458. The van der Waals surface area contributed by atoms with Gasteiger partial charge in [0.1, 0.15) is 0 Å². The van der Waals surface area contributed by atoms with Crippen LogP contribution in [-0.4, -0.2) is 56.4 Å². The first-order chi connectivity index (χ1) is 9.07. The van der Waals surface area contributed by atoms with Gasteiger partial charge in [0.05, 0.1) is 0 Å². The molecule has 0 saturated heterocycles. The molecule has 0 bridgehead atoms. The first-order valence-corrected chi connectivity index (χ1v) is 5.39. The predicted molar refractivity (Wildman–Crippen MR) is 65.2 cm³/mol. The van der Waals surface area contributed by atoms with Crippen molar-refractivity contribution in [3.63, 3.8) is 0 Å². The molecule has 0 aromatic heterocycles. The maximum Gasteiger partial charge on any atom is 2.00 e. The molecule has 0 aliphatic rings. The third-order valence-corrected chi connectivity index (χ3v) is 1.89. The third kappa shape index (κ3) is 18.3. The van der Waals surface area contributed by atoms with E-state index in [1.807, 2.05) is 0 Å². The van der Waals surface area contributed by atoms with Crippen molar-refractivity contribution >= 4 is 23.9 Å². The molecule has 21 heavy (non-hydrogen) atoms. The number of carboxylic acid groups (broad SMARTS) is 4. The van der Waals surface area contributed by atoms with Crippen LogP contribution in [0.2, 0.25) is 0 Å². The number of nitrogens with one attached hydrogen (secondary N) is 2. The Balaban J connectivity index is -0.000000295. The van der Waals surface area contributed by atoms with Gasteiger partial charge in [-0.25, -0.2) is 0 Å². The number of aliphatic carboxylic acids is 4. The molecule has 0 aliphatic carbocycles. The van der Waals surface area contributed by atoms with Crippen molar-refractivity contribution in [3.05, 3.63) is 11.5 Å². The zero-order valence-electron chi connectivity index (χ0n) is 10.7. The zero-order chi connectivity index (χ0) is 16.3. The summed E-state index contributed by atoms with van der Waals surface area (Å²) in [6.45, 7) is 0. The number of rotatable bonds is 8. The van der Waals surface area contributed by atoms with Crippen molar-refractivity contribution < 1.29 is 56.1 Å². The van der Waals surface area contributed by atoms with Gasteiger partial charge < -0.3 is 31.9 Å². The van der Waals surface area contributed by atoms with Crippen LogP contribution in [0.4, 0.5) is 0 Å². The number of hydrogen-bond donors (Lipinski definition) is 4. The molecule has 0 amide bonds. The van der Waals surface area contributed by atoms with Crippen molar-refractivity contribution in [1.29, 1.82) is 0 Å². The van der Waals surface area contributed by atoms with Crippen LogP contribution < -0.4 is 0 Å². The minimum atomic E-state index is -1.31. The standard InChI is InChI=1S/2C5H8NO4.Ni/c2*6-3(5(9)10)1-2-4(7)8;/h2*3,6H,1-2H2,(H,7,8)(H,9,10);/q2*-1;+2. The minimum absolute atomic E-state index is 0. The second-order valence-corrected chi connectivity index (χ2v) is 3.65. The summed E-state index contributed by atoms with van der Waals surface area (Å²) in [5.41, 5.74) is 13.5. The van der Waals surface area contributed by atoms with E-state index in [1.54, 1.807) is 0 Å². The van der Waals surface area contributed by atoms with E-state index in [0.29, 0.717) is 0 Å². The first-order valence-electron chi connectivity index (χ1n) is 5.39. The van der Waals surface area contributed by atoms with Crippen LogP contribution >= 0.6 is 0 Å². The molecule has 0 aliphatic heterocycles. The number of carbonyl (C=O) groups is 4. The topological polar surface area (TPSA) is 197 Å². The Morgan fingerprint density at radius 3 is 1.10 bits per heavy atom. The molecule has 2 atom stereocenters. The van der Waals surface area contributed by atoms with E-state index in [2.05, 4.69) is 0 Å². The van der Waals surface area contributed by atoms with Gasteiger partial charge in [-0.1, -0.05) is 0 Å². The van der Waals surface area contributed by atoms with Crippen LogP contribution in [0.3, 0.4) is 0 Å². The van der Waals surface area contributed by atoms with Crippen LogP contribution in [0.25, 0.3) is 11.5 Å². The normalized spacial score (nSPS) is 11.9. The molecule has 11 heteroatoms. The summed E-state index contributed by atoms with van der Waals surface area (Å²) in [6, 6.07) is -2.62. The van der Waals surface area contributed by atoms with Gasteiger partial charge in [0.25, 0.3) is 11.9 Å². The van der Waals surface area contributed by atoms with E-state index in [0.717, 1.165) is 0 Å². The van der Waals surface area contributed by atoms with Gasteiger partial charge in [-0.2, -0.15) is 0 Å². The Bertz CT molecular complexity index is 329. The van der Waals surface area contributed by atoms with Crippen LogP contribution in [-0.2, 0) is 35.7 Å². The van der Waals surface area contributed by atoms with Gasteiger partial charge >= 0.3 is 28.4 Å². The molecule has 0 fully saturated rings. The van der Waals surface area contributed by atoms with Crippen molar-refractivity contribution in [2.45, 2.75) is 37.8 Å². The van der Waals surface area contributed by atoms with Gasteiger partial charge in [-0.05, 0) is 24.9 Å². The molecule has 0 heterocycles. The van der Waals surface area contributed by atoms with E-state index in [9.17, 15) is 19.2 Å². The van der Waals surface area contributed by atoms with Gasteiger partial charge in [0, 0.05) is 12.8 Å². The Kier molecular flexibility index (Phi) is 15.4. The third-order valence-electron chi connectivity index (χ3n) is 1.89. The molecule has 0 radical (unpaired) electrons. The molecule has 0 aromatic rings. The Morgan fingerprint density at radius 2 is 0.952 bits per heavy atom. The molecular weight excluding hydrogens is 335 g/mol. The van der Waals surface area contributed by atoms with Crippen molar-refractivity contribution in [3.8, 4) is 0 Å². The second kappa shape index (κ2) is 13.3. The van der Waals surface area contributed by atoms with Gasteiger partial charge in [0.15, 0.2) is 0 Å². The molecule has 0 saturated carbocycles. The van der Waals surface area contributed by atoms with Gasteiger partial charge in [-0.15, -0.1) is 0 Å². The zero-order valence-corrected chi connectivity index (χ0v) is 11.7. The molecule has 10 nitrogen and oxygen atoms in total. The van der Waals surface area contributed by atoms with Crippen molar-refractivity contribution in [1.82, 2.24) is 0 Å². The Labute approximate surface area is 130 Å². The Morgan fingerprint density at radius 1 is 0.714 bits per heavy atom. The summed E-state index contributed by atoms with van der Waals surface area (Å²) >= 11 is 0. The average Bonchev–Trinajstić information content (AvgIpc) is 2.33. The molecule has 0 aromatic carbocycles. The van der Waals surface area contributed by atoms with Crippen LogP contribution in [0, 0.1) is 0 Å². The van der Waals surface area contributed by atoms with E-state index in [4.69, 9.17) is 31.9 Å². The van der Waals surface area contributed by atoms with E-state index < -0.39 is 36.0 Å². The molecule has 124 valence electrons. The van der Waals surface area contributed by atoms with Gasteiger partial charge in [0.2, 0.25) is 0 Å². The molecule has 0 rings (SSSR count). The largest absolute Gasteiger partial charge is 2.00 e. The first kappa shape index (κ1) is 24.3. The fourth-order valence-corrected chi connectivity index (χ4v) is 0.783. The summed E-state index contributed by atoms with van der Waals surface area (Å²) < 4.78 is 0. The maximum absolute atomic E-state index is 9.93. The summed E-state index contributed by atoms with van der Waals surface area (Å²) in [5.74, 6) is -4.69. The van der Waals surface area contributed by atoms with Gasteiger partial charge in [-0.3, -0.25) is 19.2 Å². The minimum Gasteiger partial charge on any atom is -0.665 e. The fraction of sp³-hybridized carbons (Fsp3) is 0.600. The van der Waals surface area contributed by atoms with E-state index in [1.165, 1.54) is 0 Å². The second-order valence-electron chi connectivity index (χ2n) is 3.65. The smallest absolute Gasteiger partial charge is 0.665 e. The summed E-state index contributed by atoms with van der Waals surface area (Å²) in [5, 5.41) is 32.4. The van der Waals surface area contributed by atoms with Crippen molar-refractivity contribution in [2.24, 2.45) is 0 Å². The van der Waals surface area contributed by atoms with Crippen LogP contribution in [0.1, 0.15) is 25.7 Å². The summed E-state index contributed by atoms with van der Waals surface area (Å²) in [6.07, 6.45) is -0.795. The SMILES string of the molecule is [NH-]C(CCC(=O)O)C(=O)O.[NH-]C(CCC(=O)O)C(=O)O.[Ni+2]. The molecule has 2 unspecified atom stereocenters. The molecular formula is C10H16N2NiO8. The molecule has 6 N–H and O–H groups in total. The maximum atomic E-state index is 9.93. The van der Waals surface area contributed by atoms with E-state index in [-0.39, 0.29) is 42.2 Å².